The SMILES string of the molecule is Cc1ccc2c(c1)n(C)c(-c1cnccc1C)[n+]2-c1c(-c2ccccc2)cccc1-c1ccccc1. The van der Waals surface area contributed by atoms with Gasteiger partial charge in [-0.15, -0.1) is 0 Å². The van der Waals surface area contributed by atoms with E-state index in [-0.39, 0.29) is 0 Å². The lowest BCUT2D eigenvalue weighted by Gasteiger charge is -2.15. The minimum absolute atomic E-state index is 1.11. The predicted molar refractivity (Wildman–Crippen MR) is 148 cm³/mol. The molecule has 6 rings (SSSR count). The first-order chi connectivity index (χ1) is 17.6. The molecule has 36 heavy (non-hydrogen) atoms. The summed E-state index contributed by atoms with van der Waals surface area (Å²) in [7, 11) is 2.16. The molecular formula is C33H28N3+. The molecule has 0 spiro atoms. The number of nitrogens with zero attached hydrogens (tertiary/aromatic N) is 3. The minimum Gasteiger partial charge on any atom is -0.264 e. The molecule has 3 heteroatoms. The predicted octanol–water partition coefficient (Wildman–Crippen LogP) is 7.47. The van der Waals surface area contributed by atoms with Crippen molar-refractivity contribution >= 4 is 11.0 Å². The normalized spacial score (nSPS) is 11.2. The number of para-hydroxylation sites is 1. The van der Waals surface area contributed by atoms with E-state index in [4.69, 9.17) is 0 Å². The Morgan fingerprint density at radius 3 is 1.92 bits per heavy atom. The van der Waals surface area contributed by atoms with Crippen LogP contribution >= 0.6 is 0 Å². The lowest BCUT2D eigenvalue weighted by Crippen LogP contribution is -2.34. The van der Waals surface area contributed by atoms with Gasteiger partial charge >= 0.3 is 0 Å². The first-order valence-electron chi connectivity index (χ1n) is 12.3. The quantitative estimate of drug-likeness (QED) is 0.247. The molecule has 3 nitrogen and oxygen atoms in total. The molecular weight excluding hydrogens is 438 g/mol. The fourth-order valence-corrected chi connectivity index (χ4v) is 5.18. The minimum atomic E-state index is 1.11. The van der Waals surface area contributed by atoms with Crippen LogP contribution in [0.5, 0.6) is 0 Å². The molecule has 0 saturated heterocycles. The highest BCUT2D eigenvalue weighted by Crippen LogP contribution is 2.36. The largest absolute Gasteiger partial charge is 0.296 e. The Bertz CT molecular complexity index is 1640. The molecule has 174 valence electrons. The molecule has 0 aliphatic rings. The molecule has 0 aliphatic heterocycles. The summed E-state index contributed by atoms with van der Waals surface area (Å²) in [5.41, 5.74) is 11.8. The van der Waals surface area contributed by atoms with Crippen molar-refractivity contribution in [2.75, 3.05) is 0 Å². The van der Waals surface area contributed by atoms with Gasteiger partial charge in [-0.25, -0.2) is 4.57 Å². The van der Waals surface area contributed by atoms with Crippen molar-refractivity contribution in [3.63, 3.8) is 0 Å². The molecule has 0 radical (unpaired) electrons. The topological polar surface area (TPSA) is 21.7 Å². The van der Waals surface area contributed by atoms with Gasteiger partial charge in [0.25, 0.3) is 5.82 Å². The van der Waals surface area contributed by atoms with E-state index in [2.05, 4.69) is 138 Å². The smallest absolute Gasteiger partial charge is 0.264 e. The van der Waals surface area contributed by atoms with E-state index in [0.717, 1.165) is 11.4 Å². The molecule has 4 aromatic carbocycles. The highest BCUT2D eigenvalue weighted by Gasteiger charge is 2.31. The molecule has 0 unspecified atom stereocenters. The Hall–Kier alpha value is -4.50. The number of hydrogen-bond donors (Lipinski definition) is 0. The third-order valence-corrected chi connectivity index (χ3v) is 6.97. The fourth-order valence-electron chi connectivity index (χ4n) is 5.18. The number of benzene rings is 4. The highest BCUT2D eigenvalue weighted by molar-refractivity contribution is 5.86. The Balaban J connectivity index is 1.82. The maximum atomic E-state index is 4.52. The van der Waals surface area contributed by atoms with Gasteiger partial charge in [0.15, 0.2) is 11.0 Å². The Morgan fingerprint density at radius 1 is 0.667 bits per heavy atom. The van der Waals surface area contributed by atoms with Crippen LogP contribution in [0.25, 0.3) is 50.4 Å². The van der Waals surface area contributed by atoms with Gasteiger partial charge < -0.3 is 0 Å². The number of aromatic nitrogens is 3. The first kappa shape index (κ1) is 22.0. The number of hydrogen-bond acceptors (Lipinski definition) is 1. The Labute approximate surface area is 212 Å². The molecule has 0 bridgehead atoms. The zero-order valence-electron chi connectivity index (χ0n) is 20.8. The van der Waals surface area contributed by atoms with Crippen molar-refractivity contribution in [1.29, 1.82) is 0 Å². The summed E-state index contributed by atoms with van der Waals surface area (Å²) in [5.74, 6) is 1.11. The van der Waals surface area contributed by atoms with Crippen molar-refractivity contribution < 1.29 is 4.57 Å². The standard InChI is InChI=1S/C33H28N3/c1-23-17-18-30-31(21-23)35(3)33(29-22-34-20-19-24(29)2)36(30)32-27(25-11-6-4-7-12-25)15-10-16-28(32)26-13-8-5-9-14-26/h4-22H,1-3H3/q+1. The number of fused-ring (bicyclic) bond motifs is 1. The summed E-state index contributed by atoms with van der Waals surface area (Å²) in [6, 6.07) is 36.8. The molecule has 2 aromatic heterocycles. The summed E-state index contributed by atoms with van der Waals surface area (Å²) in [5, 5.41) is 0. The van der Waals surface area contributed by atoms with Crippen molar-refractivity contribution in [3.8, 4) is 39.3 Å². The van der Waals surface area contributed by atoms with E-state index < -0.39 is 0 Å². The van der Waals surface area contributed by atoms with Crippen LogP contribution in [0, 0.1) is 13.8 Å². The molecule has 0 N–H and O–H groups in total. The van der Waals surface area contributed by atoms with E-state index in [0.29, 0.717) is 0 Å². The summed E-state index contributed by atoms with van der Waals surface area (Å²) >= 11 is 0. The van der Waals surface area contributed by atoms with Gasteiger partial charge in [-0.3, -0.25) is 4.98 Å². The van der Waals surface area contributed by atoms with Crippen LogP contribution < -0.4 is 4.57 Å². The van der Waals surface area contributed by atoms with E-state index >= 15 is 0 Å². The third-order valence-electron chi connectivity index (χ3n) is 6.97. The second-order valence-electron chi connectivity index (χ2n) is 9.33. The Morgan fingerprint density at radius 2 is 1.31 bits per heavy atom. The summed E-state index contributed by atoms with van der Waals surface area (Å²) < 4.78 is 4.74. The van der Waals surface area contributed by atoms with E-state index in [1.165, 1.54) is 50.1 Å². The van der Waals surface area contributed by atoms with Gasteiger partial charge in [0.2, 0.25) is 0 Å². The van der Waals surface area contributed by atoms with Gasteiger partial charge in [-0.1, -0.05) is 84.9 Å². The van der Waals surface area contributed by atoms with Gasteiger partial charge in [0, 0.05) is 23.5 Å². The van der Waals surface area contributed by atoms with Gasteiger partial charge in [0.1, 0.15) is 5.69 Å². The van der Waals surface area contributed by atoms with Crippen LogP contribution in [0.1, 0.15) is 11.1 Å². The first-order valence-corrected chi connectivity index (χ1v) is 12.3. The second kappa shape index (κ2) is 8.94. The van der Waals surface area contributed by atoms with Crippen molar-refractivity contribution in [1.82, 2.24) is 9.55 Å². The molecule has 0 amide bonds. The highest BCUT2D eigenvalue weighted by atomic mass is 15.2. The molecule has 0 fully saturated rings. The molecule has 0 atom stereocenters. The number of pyridine rings is 1. The second-order valence-corrected chi connectivity index (χ2v) is 9.33. The van der Waals surface area contributed by atoms with Crippen molar-refractivity contribution in [2.45, 2.75) is 13.8 Å². The lowest BCUT2D eigenvalue weighted by atomic mass is 9.95. The van der Waals surface area contributed by atoms with E-state index in [1.54, 1.807) is 0 Å². The van der Waals surface area contributed by atoms with Crippen LogP contribution in [0.15, 0.2) is 116 Å². The van der Waals surface area contributed by atoms with E-state index in [1.807, 2.05) is 12.4 Å². The van der Waals surface area contributed by atoms with Crippen molar-refractivity contribution in [2.24, 2.45) is 7.05 Å². The average molecular weight is 467 g/mol. The van der Waals surface area contributed by atoms with Crippen LogP contribution in [-0.2, 0) is 7.05 Å². The van der Waals surface area contributed by atoms with E-state index in [9.17, 15) is 0 Å². The van der Waals surface area contributed by atoms with Crippen molar-refractivity contribution in [3.05, 3.63) is 127 Å². The zero-order chi connectivity index (χ0) is 24.6. The monoisotopic (exact) mass is 466 g/mol. The van der Waals surface area contributed by atoms with Gasteiger partial charge in [-0.2, -0.15) is 4.57 Å². The summed E-state index contributed by atoms with van der Waals surface area (Å²) in [6.07, 6.45) is 3.85. The molecule has 0 saturated carbocycles. The van der Waals surface area contributed by atoms with Crippen LogP contribution in [0.4, 0.5) is 0 Å². The number of rotatable bonds is 4. The van der Waals surface area contributed by atoms with Gasteiger partial charge in [0.05, 0.1) is 12.6 Å². The number of aryl methyl sites for hydroxylation is 3. The van der Waals surface area contributed by atoms with Crippen LogP contribution in [-0.4, -0.2) is 9.55 Å². The van der Waals surface area contributed by atoms with Gasteiger partial charge in [-0.05, 0) is 54.3 Å². The maximum absolute atomic E-state index is 4.52. The Kier molecular flexibility index (Phi) is 5.46. The average Bonchev–Trinajstić information content (AvgIpc) is 3.20. The van der Waals surface area contributed by atoms with Crippen LogP contribution in [0.2, 0.25) is 0 Å². The summed E-state index contributed by atoms with van der Waals surface area (Å²) in [4.78, 5) is 4.52. The number of imidazole rings is 1. The summed E-state index contributed by atoms with van der Waals surface area (Å²) in [6.45, 7) is 4.31. The zero-order valence-corrected chi connectivity index (χ0v) is 20.8. The van der Waals surface area contributed by atoms with Crippen LogP contribution in [0.3, 0.4) is 0 Å². The molecule has 0 aliphatic carbocycles. The molecule has 2 heterocycles. The third kappa shape index (κ3) is 3.61. The lowest BCUT2D eigenvalue weighted by molar-refractivity contribution is -0.554. The fraction of sp³-hybridized carbons (Fsp3) is 0.0909. The molecule has 6 aromatic rings. The maximum Gasteiger partial charge on any atom is 0.296 e.